The van der Waals surface area contributed by atoms with Gasteiger partial charge in [-0.3, -0.25) is 9.59 Å². The van der Waals surface area contributed by atoms with Gasteiger partial charge in [0, 0.05) is 28.3 Å². The van der Waals surface area contributed by atoms with Crippen molar-refractivity contribution in [2.45, 2.75) is 6.92 Å². The van der Waals surface area contributed by atoms with Crippen LogP contribution >= 0.6 is 11.3 Å². The van der Waals surface area contributed by atoms with Gasteiger partial charge in [0.2, 0.25) is 5.78 Å². The van der Waals surface area contributed by atoms with Crippen molar-refractivity contribution in [1.82, 2.24) is 0 Å². The molecule has 28 heavy (non-hydrogen) atoms. The smallest absolute Gasteiger partial charge is 0.265 e. The van der Waals surface area contributed by atoms with Crippen LogP contribution in [0.3, 0.4) is 0 Å². The number of benzene rings is 2. The maximum absolute atomic E-state index is 12.9. The largest absolute Gasteiger partial charge is 0.497 e. The van der Waals surface area contributed by atoms with E-state index in [0.29, 0.717) is 33.2 Å². The van der Waals surface area contributed by atoms with E-state index in [1.165, 1.54) is 11.3 Å². The molecule has 0 saturated heterocycles. The summed E-state index contributed by atoms with van der Waals surface area (Å²) < 4.78 is 11.0. The topological polar surface area (TPSA) is 68.5 Å². The fourth-order valence-corrected chi connectivity index (χ4v) is 3.61. The molecule has 0 unspecified atom stereocenters. The Morgan fingerprint density at radius 2 is 1.86 bits per heavy atom. The number of ether oxygens (including phenoxy) is 1. The summed E-state index contributed by atoms with van der Waals surface area (Å²) in [7, 11) is 1.58. The molecule has 0 aliphatic carbocycles. The number of rotatable bonds is 5. The number of carbonyl (C=O) groups excluding carboxylic acids is 2. The van der Waals surface area contributed by atoms with E-state index in [2.05, 4.69) is 5.32 Å². The second-order valence-electron chi connectivity index (χ2n) is 6.26. The summed E-state index contributed by atoms with van der Waals surface area (Å²) in [5.41, 5.74) is 2.46. The highest BCUT2D eigenvalue weighted by Gasteiger charge is 2.20. The Morgan fingerprint density at radius 1 is 1.07 bits per heavy atom. The minimum atomic E-state index is -0.194. The monoisotopic (exact) mass is 391 g/mol. The maximum Gasteiger partial charge on any atom is 0.265 e. The molecule has 0 spiro atoms. The van der Waals surface area contributed by atoms with Gasteiger partial charge in [-0.1, -0.05) is 6.07 Å². The Hall–Kier alpha value is -3.38. The Kier molecular flexibility index (Phi) is 4.71. The number of methoxy groups -OCH3 is 1. The number of furan rings is 1. The zero-order valence-electron chi connectivity index (χ0n) is 15.3. The molecule has 2 aromatic carbocycles. The second kappa shape index (κ2) is 7.32. The van der Waals surface area contributed by atoms with E-state index in [9.17, 15) is 9.59 Å². The van der Waals surface area contributed by atoms with Gasteiger partial charge in [-0.15, -0.1) is 11.3 Å². The van der Waals surface area contributed by atoms with Gasteiger partial charge in [0.15, 0.2) is 5.76 Å². The lowest BCUT2D eigenvalue weighted by molar-refractivity contribution is 0.101. The van der Waals surface area contributed by atoms with Crippen LogP contribution in [0, 0.1) is 6.92 Å². The van der Waals surface area contributed by atoms with Crippen molar-refractivity contribution in [3.8, 4) is 5.75 Å². The number of ketones is 1. The lowest BCUT2D eigenvalue weighted by Crippen LogP contribution is -2.09. The van der Waals surface area contributed by atoms with Gasteiger partial charge in [0.05, 0.1) is 12.0 Å². The molecule has 1 N–H and O–H groups in total. The van der Waals surface area contributed by atoms with E-state index in [1.54, 1.807) is 49.6 Å². The van der Waals surface area contributed by atoms with Crippen molar-refractivity contribution < 1.29 is 18.7 Å². The van der Waals surface area contributed by atoms with Crippen LogP contribution in [-0.2, 0) is 0 Å². The molecule has 0 fully saturated rings. The van der Waals surface area contributed by atoms with E-state index in [-0.39, 0.29) is 11.7 Å². The molecule has 140 valence electrons. The van der Waals surface area contributed by atoms with Crippen molar-refractivity contribution in [3.05, 3.63) is 81.7 Å². The highest BCUT2D eigenvalue weighted by atomic mass is 32.1. The third kappa shape index (κ3) is 3.30. The van der Waals surface area contributed by atoms with Gasteiger partial charge >= 0.3 is 0 Å². The molecule has 2 heterocycles. The molecule has 0 aliphatic rings. The summed E-state index contributed by atoms with van der Waals surface area (Å²) in [4.78, 5) is 25.7. The first-order valence-corrected chi connectivity index (χ1v) is 9.51. The van der Waals surface area contributed by atoms with Crippen molar-refractivity contribution in [2.24, 2.45) is 0 Å². The minimum Gasteiger partial charge on any atom is -0.497 e. The van der Waals surface area contributed by atoms with E-state index < -0.39 is 0 Å². The van der Waals surface area contributed by atoms with Gasteiger partial charge in [0.25, 0.3) is 5.91 Å². The predicted octanol–water partition coefficient (Wildman–Crippen LogP) is 5.29. The first-order chi connectivity index (χ1) is 13.6. The lowest BCUT2D eigenvalue weighted by Gasteiger charge is -2.03. The average Bonchev–Trinajstić information content (AvgIpc) is 3.36. The quantitative estimate of drug-likeness (QED) is 0.469. The molecule has 0 bridgehead atoms. The normalized spacial score (nSPS) is 10.8. The minimum absolute atomic E-state index is 0.174. The van der Waals surface area contributed by atoms with Gasteiger partial charge in [-0.05, 0) is 54.8 Å². The average molecular weight is 391 g/mol. The number of aryl methyl sites for hydroxylation is 1. The number of amides is 1. The van der Waals surface area contributed by atoms with E-state index in [4.69, 9.17) is 9.15 Å². The van der Waals surface area contributed by atoms with Crippen LogP contribution in [-0.4, -0.2) is 18.8 Å². The summed E-state index contributed by atoms with van der Waals surface area (Å²) in [5.74, 6) is 0.610. The maximum atomic E-state index is 12.9. The molecule has 1 amide bonds. The Morgan fingerprint density at radius 3 is 2.54 bits per heavy atom. The number of thiophene rings is 1. The SMILES string of the molecule is COc1ccc(C(=O)c2oc3cc(NC(=O)c4cccs4)ccc3c2C)cc1. The molecule has 6 heteroatoms. The van der Waals surface area contributed by atoms with Crippen LogP contribution in [0.25, 0.3) is 11.0 Å². The van der Waals surface area contributed by atoms with Crippen molar-refractivity contribution >= 4 is 39.7 Å². The number of nitrogens with one attached hydrogen (secondary N) is 1. The third-order valence-electron chi connectivity index (χ3n) is 4.50. The number of fused-ring (bicyclic) bond motifs is 1. The summed E-state index contributed by atoms with van der Waals surface area (Å²) in [6, 6.07) is 15.9. The Labute approximate surface area is 165 Å². The third-order valence-corrected chi connectivity index (χ3v) is 5.37. The molecule has 4 aromatic rings. The molecule has 0 radical (unpaired) electrons. The molecule has 0 saturated carbocycles. The Bertz CT molecular complexity index is 1160. The van der Waals surface area contributed by atoms with E-state index >= 15 is 0 Å². The molecular weight excluding hydrogens is 374 g/mol. The van der Waals surface area contributed by atoms with Crippen LogP contribution in [0.5, 0.6) is 5.75 Å². The highest BCUT2D eigenvalue weighted by molar-refractivity contribution is 7.12. The first kappa shape index (κ1) is 18.0. The summed E-state index contributed by atoms with van der Waals surface area (Å²) in [5, 5.41) is 5.54. The number of anilines is 1. The van der Waals surface area contributed by atoms with Gasteiger partial charge < -0.3 is 14.5 Å². The number of hydrogen-bond donors (Lipinski definition) is 1. The van der Waals surface area contributed by atoms with Crippen LogP contribution in [0.1, 0.15) is 31.4 Å². The van der Waals surface area contributed by atoms with Crippen LogP contribution < -0.4 is 10.1 Å². The Balaban J connectivity index is 1.64. The number of hydrogen-bond acceptors (Lipinski definition) is 5. The fourth-order valence-electron chi connectivity index (χ4n) is 2.99. The van der Waals surface area contributed by atoms with Gasteiger partial charge in [-0.25, -0.2) is 0 Å². The van der Waals surface area contributed by atoms with Crippen LogP contribution in [0.4, 0.5) is 5.69 Å². The lowest BCUT2D eigenvalue weighted by atomic mass is 10.0. The predicted molar refractivity (Wildman–Crippen MR) is 110 cm³/mol. The standard InChI is InChI=1S/C22H17NO4S/c1-13-17-10-7-15(23-22(25)19-4-3-11-28-19)12-18(17)27-21(13)20(24)14-5-8-16(26-2)9-6-14/h3-12H,1-2H3,(H,23,25). The second-order valence-corrected chi connectivity index (χ2v) is 7.20. The van der Waals surface area contributed by atoms with Crippen LogP contribution in [0.2, 0.25) is 0 Å². The van der Waals surface area contributed by atoms with Gasteiger partial charge in [0.1, 0.15) is 11.3 Å². The summed E-state index contributed by atoms with van der Waals surface area (Å²) in [6.45, 7) is 1.85. The number of carbonyl (C=O) groups is 2. The zero-order chi connectivity index (χ0) is 19.7. The molecular formula is C22H17NO4S. The zero-order valence-corrected chi connectivity index (χ0v) is 16.1. The summed E-state index contributed by atoms with van der Waals surface area (Å²) >= 11 is 1.38. The van der Waals surface area contributed by atoms with E-state index in [1.807, 2.05) is 24.4 Å². The van der Waals surface area contributed by atoms with Crippen molar-refractivity contribution in [3.63, 3.8) is 0 Å². The summed E-state index contributed by atoms with van der Waals surface area (Å²) in [6.07, 6.45) is 0. The van der Waals surface area contributed by atoms with Crippen LogP contribution in [0.15, 0.2) is 64.4 Å². The highest BCUT2D eigenvalue weighted by Crippen LogP contribution is 2.30. The molecule has 2 aromatic heterocycles. The fraction of sp³-hybridized carbons (Fsp3) is 0.0909. The molecule has 4 rings (SSSR count). The molecule has 5 nitrogen and oxygen atoms in total. The molecule has 0 atom stereocenters. The van der Waals surface area contributed by atoms with Gasteiger partial charge in [-0.2, -0.15) is 0 Å². The van der Waals surface area contributed by atoms with Crippen molar-refractivity contribution in [1.29, 1.82) is 0 Å². The molecule has 0 aliphatic heterocycles. The van der Waals surface area contributed by atoms with E-state index in [0.717, 1.165) is 10.9 Å². The van der Waals surface area contributed by atoms with Crippen molar-refractivity contribution in [2.75, 3.05) is 12.4 Å². The first-order valence-electron chi connectivity index (χ1n) is 8.63.